The van der Waals surface area contributed by atoms with Gasteiger partial charge in [-0.2, -0.15) is 0 Å². The Morgan fingerprint density at radius 2 is 1.83 bits per heavy atom. The predicted octanol–water partition coefficient (Wildman–Crippen LogP) is 4.89. The van der Waals surface area contributed by atoms with Crippen LogP contribution in [0.15, 0.2) is 24.9 Å². The summed E-state index contributed by atoms with van der Waals surface area (Å²) in [6.07, 6.45) is 4.95. The smallest absolute Gasteiger partial charge is 0.109 e. The molecule has 0 amide bonds. The molecule has 1 rings (SSSR count). The molecule has 1 aromatic rings. The van der Waals surface area contributed by atoms with E-state index in [-0.39, 0.29) is 0 Å². The van der Waals surface area contributed by atoms with Crippen molar-refractivity contribution in [1.82, 2.24) is 4.98 Å². The number of nitrogens with one attached hydrogen (secondary N) is 1. The molecule has 2 nitrogen and oxygen atoms in total. The van der Waals surface area contributed by atoms with Gasteiger partial charge in [-0.25, -0.2) is 0 Å². The second-order valence-corrected chi connectivity index (χ2v) is 4.61. The number of hydrogen-bond acceptors (Lipinski definition) is 1. The summed E-state index contributed by atoms with van der Waals surface area (Å²) in [6.45, 7) is 17.3. The average Bonchev–Trinajstić information content (AvgIpc) is 2.79. The fraction of sp³-hybridized carbons (Fsp3) is 0.625. The SMILES string of the molecule is C=CCN(C)c1[nH]ccc1CC.CC.CC(C)C. The maximum absolute atomic E-state index is 3.71. The average molecular weight is 252 g/mol. The molecular formula is C16H32N2. The van der Waals surface area contributed by atoms with Gasteiger partial charge >= 0.3 is 0 Å². The molecule has 0 aliphatic rings. The zero-order valence-corrected chi connectivity index (χ0v) is 13.4. The standard InChI is InChI=1S/C10H16N2.C4H10.C2H6/c1-4-8-12(3)10-9(5-2)6-7-11-10;1-4(2)3;1-2/h4,6-7,11H,1,5,8H2,2-3H3;4H,1-3H3;1-2H3. The molecule has 2 heteroatoms. The second kappa shape index (κ2) is 12.3. The number of aromatic amines is 1. The zero-order valence-electron chi connectivity index (χ0n) is 13.4. The van der Waals surface area contributed by atoms with Crippen LogP contribution in [0.5, 0.6) is 0 Å². The lowest BCUT2D eigenvalue weighted by molar-refractivity contribution is 0.737. The third kappa shape index (κ3) is 8.91. The van der Waals surface area contributed by atoms with Gasteiger partial charge in [0.05, 0.1) is 0 Å². The van der Waals surface area contributed by atoms with Crippen molar-refractivity contribution in [3.05, 3.63) is 30.5 Å². The normalized spacial score (nSPS) is 8.89. The Labute approximate surface area is 114 Å². The number of aryl methyl sites for hydroxylation is 1. The van der Waals surface area contributed by atoms with Crippen molar-refractivity contribution in [3.8, 4) is 0 Å². The fourth-order valence-electron chi connectivity index (χ4n) is 1.32. The van der Waals surface area contributed by atoms with Crippen molar-refractivity contribution in [2.75, 3.05) is 18.5 Å². The Morgan fingerprint density at radius 1 is 1.33 bits per heavy atom. The van der Waals surface area contributed by atoms with E-state index in [1.54, 1.807) is 0 Å². The summed E-state index contributed by atoms with van der Waals surface area (Å²) < 4.78 is 0. The van der Waals surface area contributed by atoms with Crippen molar-refractivity contribution >= 4 is 5.82 Å². The summed E-state index contributed by atoms with van der Waals surface area (Å²) in [5.74, 6) is 2.04. The first kappa shape index (κ1) is 19.2. The predicted molar refractivity (Wildman–Crippen MR) is 85.5 cm³/mol. The van der Waals surface area contributed by atoms with Crippen LogP contribution >= 0.6 is 0 Å². The highest BCUT2D eigenvalue weighted by molar-refractivity contribution is 5.47. The number of hydrogen-bond donors (Lipinski definition) is 1. The van der Waals surface area contributed by atoms with E-state index in [1.807, 2.05) is 26.1 Å². The molecule has 0 saturated carbocycles. The van der Waals surface area contributed by atoms with Gasteiger partial charge in [0.15, 0.2) is 0 Å². The summed E-state index contributed by atoms with van der Waals surface area (Å²) in [5.41, 5.74) is 1.36. The highest BCUT2D eigenvalue weighted by Crippen LogP contribution is 2.16. The maximum Gasteiger partial charge on any atom is 0.109 e. The summed E-state index contributed by atoms with van der Waals surface area (Å²) >= 11 is 0. The van der Waals surface area contributed by atoms with Crippen LogP contribution in [0.4, 0.5) is 5.82 Å². The highest BCUT2D eigenvalue weighted by atomic mass is 15.2. The summed E-state index contributed by atoms with van der Waals surface area (Å²) in [7, 11) is 2.06. The minimum absolute atomic E-state index is 0.833. The number of likely N-dealkylation sites (N-methyl/N-ethyl adjacent to an activating group) is 1. The van der Waals surface area contributed by atoms with Gasteiger partial charge in [-0.05, 0) is 24.0 Å². The summed E-state index contributed by atoms with van der Waals surface area (Å²) in [5, 5.41) is 0. The molecule has 0 bridgehead atoms. The van der Waals surface area contributed by atoms with Gasteiger partial charge in [-0.1, -0.05) is 47.6 Å². The molecule has 18 heavy (non-hydrogen) atoms. The number of H-pyrrole nitrogens is 1. The van der Waals surface area contributed by atoms with Gasteiger partial charge in [0.25, 0.3) is 0 Å². The van der Waals surface area contributed by atoms with Gasteiger partial charge in [-0.3, -0.25) is 0 Å². The third-order valence-electron chi connectivity index (χ3n) is 1.97. The lowest BCUT2D eigenvalue weighted by Gasteiger charge is -2.16. The van der Waals surface area contributed by atoms with Crippen LogP contribution in [0.25, 0.3) is 0 Å². The topological polar surface area (TPSA) is 19.0 Å². The van der Waals surface area contributed by atoms with E-state index in [0.29, 0.717) is 0 Å². The molecule has 0 aliphatic heterocycles. The van der Waals surface area contributed by atoms with Crippen molar-refractivity contribution in [2.24, 2.45) is 5.92 Å². The van der Waals surface area contributed by atoms with Gasteiger partial charge < -0.3 is 9.88 Å². The molecule has 0 unspecified atom stereocenters. The van der Waals surface area contributed by atoms with Gasteiger partial charge in [-0.15, -0.1) is 6.58 Å². The first-order chi connectivity index (χ1) is 8.52. The van der Waals surface area contributed by atoms with E-state index in [1.165, 1.54) is 11.4 Å². The van der Waals surface area contributed by atoms with Crippen molar-refractivity contribution in [2.45, 2.75) is 48.0 Å². The molecule has 0 fully saturated rings. The molecule has 106 valence electrons. The van der Waals surface area contributed by atoms with Gasteiger partial charge in [0.2, 0.25) is 0 Å². The van der Waals surface area contributed by atoms with E-state index in [4.69, 9.17) is 0 Å². The summed E-state index contributed by atoms with van der Waals surface area (Å²) in [6, 6.07) is 2.12. The molecular weight excluding hydrogens is 220 g/mol. The van der Waals surface area contributed by atoms with Crippen molar-refractivity contribution < 1.29 is 0 Å². The Balaban J connectivity index is 0. The molecule has 1 N–H and O–H groups in total. The molecule has 0 aromatic carbocycles. The van der Waals surface area contributed by atoms with E-state index in [9.17, 15) is 0 Å². The number of anilines is 1. The summed E-state index contributed by atoms with van der Waals surface area (Å²) in [4.78, 5) is 5.38. The lowest BCUT2D eigenvalue weighted by Crippen LogP contribution is -2.18. The van der Waals surface area contributed by atoms with Crippen LogP contribution in [0, 0.1) is 5.92 Å². The van der Waals surface area contributed by atoms with E-state index >= 15 is 0 Å². The Morgan fingerprint density at radius 3 is 2.22 bits per heavy atom. The molecule has 0 spiro atoms. The molecule has 1 heterocycles. The van der Waals surface area contributed by atoms with Gasteiger partial charge in [0, 0.05) is 19.8 Å². The van der Waals surface area contributed by atoms with Crippen molar-refractivity contribution in [3.63, 3.8) is 0 Å². The monoisotopic (exact) mass is 252 g/mol. The number of aromatic nitrogens is 1. The third-order valence-corrected chi connectivity index (χ3v) is 1.97. The maximum atomic E-state index is 3.71. The molecule has 0 saturated heterocycles. The van der Waals surface area contributed by atoms with Crippen LogP contribution in [-0.4, -0.2) is 18.6 Å². The number of nitrogens with zero attached hydrogens (tertiary/aromatic N) is 1. The van der Waals surface area contributed by atoms with E-state index < -0.39 is 0 Å². The molecule has 0 aliphatic carbocycles. The zero-order chi connectivity index (χ0) is 14.6. The first-order valence-corrected chi connectivity index (χ1v) is 7.01. The van der Waals surface area contributed by atoms with E-state index in [0.717, 1.165) is 18.9 Å². The van der Waals surface area contributed by atoms with Crippen LogP contribution < -0.4 is 4.90 Å². The number of rotatable bonds is 4. The quantitative estimate of drug-likeness (QED) is 0.756. The van der Waals surface area contributed by atoms with Crippen LogP contribution in [0.1, 0.15) is 47.1 Å². The molecule has 0 radical (unpaired) electrons. The fourth-order valence-corrected chi connectivity index (χ4v) is 1.32. The Hall–Kier alpha value is -1.18. The first-order valence-electron chi connectivity index (χ1n) is 7.01. The van der Waals surface area contributed by atoms with Crippen LogP contribution in [0.2, 0.25) is 0 Å². The van der Waals surface area contributed by atoms with E-state index in [2.05, 4.69) is 57.3 Å². The highest BCUT2D eigenvalue weighted by Gasteiger charge is 2.04. The Bertz CT molecular complexity index is 284. The Kier molecular flexibility index (Phi) is 13.1. The molecule has 1 aromatic heterocycles. The largest absolute Gasteiger partial charge is 0.357 e. The lowest BCUT2D eigenvalue weighted by atomic mass is 10.2. The second-order valence-electron chi connectivity index (χ2n) is 4.61. The van der Waals surface area contributed by atoms with Crippen molar-refractivity contribution in [1.29, 1.82) is 0 Å². The van der Waals surface area contributed by atoms with Crippen LogP contribution in [0.3, 0.4) is 0 Å². The molecule has 0 atom stereocenters. The van der Waals surface area contributed by atoms with Crippen LogP contribution in [-0.2, 0) is 6.42 Å². The minimum Gasteiger partial charge on any atom is -0.357 e. The minimum atomic E-state index is 0.833. The van der Waals surface area contributed by atoms with Gasteiger partial charge in [0.1, 0.15) is 5.82 Å².